The lowest BCUT2D eigenvalue weighted by Crippen LogP contribution is -2.06. The number of hydrogen-bond acceptors (Lipinski definition) is 2. The number of carbonyl (C=O) groups is 1. The minimum absolute atomic E-state index is 0.0294. The molecule has 3 heteroatoms. The molecule has 1 N–H and O–H groups in total. The Morgan fingerprint density at radius 1 is 1.50 bits per heavy atom. The maximum Gasteiger partial charge on any atom is 0.307 e. The second kappa shape index (κ2) is 4.56. The number of carboxylic acids is 1. The van der Waals surface area contributed by atoms with Gasteiger partial charge in [-0.3, -0.25) is 4.79 Å². The molecule has 0 bridgehead atoms. The van der Waals surface area contributed by atoms with Gasteiger partial charge in [-0.2, -0.15) is 0 Å². The molecule has 0 atom stereocenters. The van der Waals surface area contributed by atoms with Crippen molar-refractivity contribution >= 4 is 5.97 Å². The summed E-state index contributed by atoms with van der Waals surface area (Å²) in [7, 11) is 0. The lowest BCUT2D eigenvalue weighted by molar-refractivity contribution is -0.136. The molecule has 3 nitrogen and oxygen atoms in total. The fourth-order valence-corrected chi connectivity index (χ4v) is 1.64. The molecule has 0 amide bonds. The molecule has 0 heterocycles. The lowest BCUT2D eigenvalue weighted by Gasteiger charge is -2.10. The van der Waals surface area contributed by atoms with Crippen LogP contribution in [0.2, 0.25) is 0 Å². The van der Waals surface area contributed by atoms with Crippen molar-refractivity contribution in [2.24, 2.45) is 5.92 Å². The van der Waals surface area contributed by atoms with Crippen molar-refractivity contribution in [3.05, 3.63) is 29.3 Å². The van der Waals surface area contributed by atoms with E-state index in [0.29, 0.717) is 5.92 Å². The highest BCUT2D eigenvalue weighted by Crippen LogP contribution is 2.30. The third-order valence-corrected chi connectivity index (χ3v) is 2.73. The van der Waals surface area contributed by atoms with Gasteiger partial charge in [-0.25, -0.2) is 0 Å². The summed E-state index contributed by atoms with van der Waals surface area (Å²) in [5.74, 6) is 0.584. The third-order valence-electron chi connectivity index (χ3n) is 2.73. The van der Waals surface area contributed by atoms with Crippen molar-refractivity contribution in [1.82, 2.24) is 0 Å². The Morgan fingerprint density at radius 2 is 2.25 bits per heavy atom. The molecule has 0 unspecified atom stereocenters. The van der Waals surface area contributed by atoms with Gasteiger partial charge in [-0.1, -0.05) is 17.7 Å². The molecule has 16 heavy (non-hydrogen) atoms. The molecule has 0 aromatic heterocycles. The Balaban J connectivity index is 2.09. The van der Waals surface area contributed by atoms with Crippen LogP contribution in [-0.4, -0.2) is 17.7 Å². The Hall–Kier alpha value is -1.51. The summed E-state index contributed by atoms with van der Waals surface area (Å²) in [5, 5.41) is 8.82. The van der Waals surface area contributed by atoms with Gasteiger partial charge in [0, 0.05) is 5.56 Å². The van der Waals surface area contributed by atoms with Crippen LogP contribution in [0.25, 0.3) is 0 Å². The zero-order valence-corrected chi connectivity index (χ0v) is 9.40. The van der Waals surface area contributed by atoms with Gasteiger partial charge in [-0.05, 0) is 31.7 Å². The molecule has 1 aromatic carbocycles. The second-order valence-electron chi connectivity index (χ2n) is 4.44. The van der Waals surface area contributed by atoms with Crippen LogP contribution in [-0.2, 0) is 11.2 Å². The number of rotatable bonds is 5. The number of carboxylic acid groups (broad SMARTS) is 1. The highest BCUT2D eigenvalue weighted by atomic mass is 16.5. The number of aryl methyl sites for hydroxylation is 1. The van der Waals surface area contributed by atoms with Crippen LogP contribution in [0.5, 0.6) is 5.75 Å². The van der Waals surface area contributed by atoms with Crippen LogP contribution in [0, 0.1) is 12.8 Å². The van der Waals surface area contributed by atoms with Gasteiger partial charge in [-0.15, -0.1) is 0 Å². The molecule has 1 fully saturated rings. The minimum atomic E-state index is -0.818. The summed E-state index contributed by atoms with van der Waals surface area (Å²) in [5.41, 5.74) is 1.84. The third kappa shape index (κ3) is 2.99. The number of benzene rings is 1. The van der Waals surface area contributed by atoms with E-state index in [0.717, 1.165) is 23.5 Å². The maximum absolute atomic E-state index is 10.7. The summed E-state index contributed by atoms with van der Waals surface area (Å²) < 4.78 is 5.65. The van der Waals surface area contributed by atoms with Crippen LogP contribution >= 0.6 is 0 Å². The van der Waals surface area contributed by atoms with Crippen LogP contribution < -0.4 is 4.74 Å². The van der Waals surface area contributed by atoms with Crippen molar-refractivity contribution in [2.45, 2.75) is 26.2 Å². The van der Waals surface area contributed by atoms with Gasteiger partial charge in [0.1, 0.15) is 5.75 Å². The Labute approximate surface area is 95.0 Å². The number of ether oxygens (including phenoxy) is 1. The topological polar surface area (TPSA) is 46.5 Å². The minimum Gasteiger partial charge on any atom is -0.493 e. The van der Waals surface area contributed by atoms with Crippen molar-refractivity contribution in [3.63, 3.8) is 0 Å². The molecule has 1 aliphatic carbocycles. The SMILES string of the molecule is Cc1ccc(OCC2CC2)c(CC(=O)O)c1. The van der Waals surface area contributed by atoms with E-state index < -0.39 is 5.97 Å². The average Bonchev–Trinajstić information content (AvgIpc) is 2.99. The quantitative estimate of drug-likeness (QED) is 0.828. The normalized spacial score (nSPS) is 14.8. The van der Waals surface area contributed by atoms with E-state index in [1.165, 1.54) is 12.8 Å². The van der Waals surface area contributed by atoms with Gasteiger partial charge >= 0.3 is 5.97 Å². The van der Waals surface area contributed by atoms with Crippen LogP contribution in [0.15, 0.2) is 18.2 Å². The van der Waals surface area contributed by atoms with E-state index in [-0.39, 0.29) is 6.42 Å². The van der Waals surface area contributed by atoms with Gasteiger partial charge in [0.2, 0.25) is 0 Å². The summed E-state index contributed by atoms with van der Waals surface area (Å²) >= 11 is 0. The predicted octanol–water partition coefficient (Wildman–Crippen LogP) is 2.41. The van der Waals surface area contributed by atoms with E-state index in [2.05, 4.69) is 0 Å². The molecule has 1 aromatic rings. The second-order valence-corrected chi connectivity index (χ2v) is 4.44. The first kappa shape index (κ1) is 11.0. The summed E-state index contributed by atoms with van der Waals surface area (Å²) in [6, 6.07) is 5.71. The summed E-state index contributed by atoms with van der Waals surface area (Å²) in [6.45, 7) is 2.67. The Bertz CT molecular complexity index is 394. The first-order chi connectivity index (χ1) is 7.65. The van der Waals surface area contributed by atoms with Gasteiger partial charge in [0.15, 0.2) is 0 Å². The van der Waals surface area contributed by atoms with Gasteiger partial charge < -0.3 is 9.84 Å². The highest BCUT2D eigenvalue weighted by Gasteiger charge is 2.22. The molecule has 0 saturated heterocycles. The molecule has 2 rings (SSSR count). The molecular weight excluding hydrogens is 204 g/mol. The monoisotopic (exact) mass is 220 g/mol. The van der Waals surface area contributed by atoms with Gasteiger partial charge in [0.25, 0.3) is 0 Å². The van der Waals surface area contributed by atoms with E-state index >= 15 is 0 Å². The molecule has 0 aliphatic heterocycles. The van der Waals surface area contributed by atoms with E-state index in [9.17, 15) is 4.79 Å². The zero-order valence-electron chi connectivity index (χ0n) is 9.40. The van der Waals surface area contributed by atoms with E-state index in [1.54, 1.807) is 0 Å². The van der Waals surface area contributed by atoms with E-state index in [1.807, 2.05) is 25.1 Å². The van der Waals surface area contributed by atoms with E-state index in [4.69, 9.17) is 9.84 Å². The summed E-state index contributed by atoms with van der Waals surface area (Å²) in [4.78, 5) is 10.7. The van der Waals surface area contributed by atoms with Gasteiger partial charge in [0.05, 0.1) is 13.0 Å². The lowest BCUT2D eigenvalue weighted by atomic mass is 10.1. The molecule has 0 radical (unpaired) electrons. The molecule has 1 saturated carbocycles. The molecule has 86 valence electrons. The standard InChI is InChI=1S/C13H16O3/c1-9-2-5-12(16-8-10-3-4-10)11(6-9)7-13(14)15/h2,5-6,10H,3-4,7-8H2,1H3,(H,14,15). The predicted molar refractivity (Wildman–Crippen MR) is 60.7 cm³/mol. The van der Waals surface area contributed by atoms with Crippen molar-refractivity contribution in [1.29, 1.82) is 0 Å². The van der Waals surface area contributed by atoms with Crippen molar-refractivity contribution in [2.75, 3.05) is 6.61 Å². The van der Waals surface area contributed by atoms with Crippen molar-refractivity contribution < 1.29 is 14.6 Å². The number of aliphatic carboxylic acids is 1. The first-order valence-corrected chi connectivity index (χ1v) is 5.59. The smallest absolute Gasteiger partial charge is 0.307 e. The fourth-order valence-electron chi connectivity index (χ4n) is 1.64. The molecule has 0 spiro atoms. The number of hydrogen-bond donors (Lipinski definition) is 1. The zero-order chi connectivity index (χ0) is 11.5. The Morgan fingerprint density at radius 3 is 2.88 bits per heavy atom. The Kier molecular flexibility index (Phi) is 3.13. The van der Waals surface area contributed by atoms with Crippen LogP contribution in [0.4, 0.5) is 0 Å². The largest absolute Gasteiger partial charge is 0.493 e. The summed E-state index contributed by atoms with van der Waals surface area (Å²) in [6.07, 6.45) is 2.50. The molecular formula is C13H16O3. The average molecular weight is 220 g/mol. The maximum atomic E-state index is 10.7. The highest BCUT2D eigenvalue weighted by molar-refractivity contribution is 5.71. The first-order valence-electron chi connectivity index (χ1n) is 5.59. The van der Waals surface area contributed by atoms with Crippen molar-refractivity contribution in [3.8, 4) is 5.75 Å². The fraction of sp³-hybridized carbons (Fsp3) is 0.462. The molecule has 1 aliphatic rings. The van der Waals surface area contributed by atoms with Crippen LogP contribution in [0.1, 0.15) is 24.0 Å². The van der Waals surface area contributed by atoms with Crippen LogP contribution in [0.3, 0.4) is 0 Å².